The lowest BCUT2D eigenvalue weighted by Gasteiger charge is -2.08. The fourth-order valence-corrected chi connectivity index (χ4v) is 2.62. The molecule has 2 aromatic carbocycles. The number of hydrogen-bond donors (Lipinski definition) is 0. The van der Waals surface area contributed by atoms with E-state index in [1.807, 2.05) is 0 Å². The fourth-order valence-electron chi connectivity index (χ4n) is 1.55. The van der Waals surface area contributed by atoms with Crippen molar-refractivity contribution in [3.05, 3.63) is 53.8 Å². The monoisotopic (exact) mass is 296 g/mol. The maximum atomic E-state index is 13.5. The summed E-state index contributed by atoms with van der Waals surface area (Å²) in [7, 11) is 1.43. The number of carbonyl (C=O) groups excluding carboxylic acids is 1. The van der Waals surface area contributed by atoms with Gasteiger partial charge in [0.25, 0.3) is 5.24 Å². The lowest BCUT2D eigenvalue weighted by molar-refractivity contribution is 0.108. The highest BCUT2D eigenvalue weighted by atomic mass is 35.5. The molecule has 0 saturated heterocycles. The first-order chi connectivity index (χ1) is 9.11. The Balaban J connectivity index is 2.26. The van der Waals surface area contributed by atoms with Gasteiger partial charge in [-0.1, -0.05) is 17.8 Å². The Kier molecular flexibility index (Phi) is 4.45. The van der Waals surface area contributed by atoms with Crippen molar-refractivity contribution in [1.82, 2.24) is 0 Å². The second-order valence-electron chi connectivity index (χ2n) is 3.67. The Labute approximate surface area is 119 Å². The molecule has 0 spiro atoms. The number of benzene rings is 2. The Morgan fingerprint density at radius 1 is 1.21 bits per heavy atom. The van der Waals surface area contributed by atoms with Crippen LogP contribution in [0.1, 0.15) is 10.4 Å². The maximum Gasteiger partial charge on any atom is 0.252 e. The van der Waals surface area contributed by atoms with Gasteiger partial charge in [-0.15, -0.1) is 0 Å². The van der Waals surface area contributed by atoms with Crippen molar-refractivity contribution in [2.75, 3.05) is 7.11 Å². The lowest BCUT2D eigenvalue weighted by atomic mass is 10.2. The normalized spacial score (nSPS) is 10.3. The van der Waals surface area contributed by atoms with E-state index in [0.717, 1.165) is 4.90 Å². The number of rotatable bonds is 4. The van der Waals surface area contributed by atoms with Gasteiger partial charge in [0.05, 0.1) is 12.0 Å². The molecule has 0 unspecified atom stereocenters. The molecule has 98 valence electrons. The molecule has 0 saturated carbocycles. The zero-order chi connectivity index (χ0) is 13.8. The first-order valence-corrected chi connectivity index (χ1v) is 6.61. The molecule has 0 atom stereocenters. The zero-order valence-corrected chi connectivity index (χ0v) is 11.6. The molecule has 0 fully saturated rings. The van der Waals surface area contributed by atoms with Crippen LogP contribution in [0.5, 0.6) is 5.75 Å². The summed E-state index contributed by atoms with van der Waals surface area (Å²) in [4.78, 5) is 12.5. The SMILES string of the molecule is COc1c(F)cccc1Sc1ccc(C(=O)Cl)cc1. The average molecular weight is 297 g/mol. The number of carbonyl (C=O) groups is 1. The molecular formula is C14H10ClFO2S. The van der Waals surface area contributed by atoms with E-state index in [-0.39, 0.29) is 5.75 Å². The van der Waals surface area contributed by atoms with Crippen LogP contribution in [0.25, 0.3) is 0 Å². The fraction of sp³-hybridized carbons (Fsp3) is 0.0714. The second-order valence-corrected chi connectivity index (χ2v) is 5.13. The summed E-state index contributed by atoms with van der Waals surface area (Å²) in [5.74, 6) is -0.190. The molecule has 0 heterocycles. The van der Waals surface area contributed by atoms with Crippen LogP contribution in [0.4, 0.5) is 4.39 Å². The van der Waals surface area contributed by atoms with Gasteiger partial charge >= 0.3 is 0 Å². The van der Waals surface area contributed by atoms with Gasteiger partial charge in [-0.2, -0.15) is 0 Å². The van der Waals surface area contributed by atoms with Crippen molar-refractivity contribution >= 4 is 28.6 Å². The molecule has 0 amide bonds. The lowest BCUT2D eigenvalue weighted by Crippen LogP contribution is -1.91. The number of hydrogen-bond acceptors (Lipinski definition) is 3. The van der Waals surface area contributed by atoms with Crippen LogP contribution in [-0.2, 0) is 0 Å². The minimum Gasteiger partial charge on any atom is -0.492 e. The van der Waals surface area contributed by atoms with E-state index in [9.17, 15) is 9.18 Å². The minimum absolute atomic E-state index is 0.213. The Morgan fingerprint density at radius 2 is 1.89 bits per heavy atom. The van der Waals surface area contributed by atoms with Crippen LogP contribution >= 0.6 is 23.4 Å². The summed E-state index contributed by atoms with van der Waals surface area (Å²) < 4.78 is 18.6. The summed E-state index contributed by atoms with van der Waals surface area (Å²) in [6.45, 7) is 0. The van der Waals surface area contributed by atoms with Crippen LogP contribution in [0, 0.1) is 5.82 Å². The van der Waals surface area contributed by atoms with Crippen molar-refractivity contribution in [2.24, 2.45) is 0 Å². The van der Waals surface area contributed by atoms with Crippen molar-refractivity contribution in [3.8, 4) is 5.75 Å². The Morgan fingerprint density at radius 3 is 2.47 bits per heavy atom. The maximum absolute atomic E-state index is 13.5. The number of para-hydroxylation sites is 1. The molecule has 0 N–H and O–H groups in total. The molecule has 2 nitrogen and oxygen atoms in total. The molecule has 0 radical (unpaired) electrons. The summed E-state index contributed by atoms with van der Waals surface area (Å²) >= 11 is 6.72. The quantitative estimate of drug-likeness (QED) is 0.784. The highest BCUT2D eigenvalue weighted by Crippen LogP contribution is 2.36. The van der Waals surface area contributed by atoms with Crippen LogP contribution < -0.4 is 4.74 Å². The van der Waals surface area contributed by atoms with Gasteiger partial charge in [0.2, 0.25) is 0 Å². The number of halogens is 2. The van der Waals surface area contributed by atoms with E-state index in [0.29, 0.717) is 10.5 Å². The first kappa shape index (κ1) is 13.9. The highest BCUT2D eigenvalue weighted by Gasteiger charge is 2.10. The summed E-state index contributed by atoms with van der Waals surface area (Å²) in [6, 6.07) is 11.5. The topological polar surface area (TPSA) is 26.3 Å². The molecule has 0 aromatic heterocycles. The van der Waals surface area contributed by atoms with Crippen LogP contribution in [-0.4, -0.2) is 12.4 Å². The average Bonchev–Trinajstić information content (AvgIpc) is 2.39. The smallest absolute Gasteiger partial charge is 0.252 e. The third-order valence-electron chi connectivity index (χ3n) is 2.44. The van der Waals surface area contributed by atoms with Gasteiger partial charge in [-0.25, -0.2) is 4.39 Å². The molecule has 0 bridgehead atoms. The van der Waals surface area contributed by atoms with E-state index >= 15 is 0 Å². The van der Waals surface area contributed by atoms with Gasteiger partial charge in [-0.3, -0.25) is 4.79 Å². The molecule has 2 aromatic rings. The van der Waals surface area contributed by atoms with Crippen LogP contribution in [0.15, 0.2) is 52.3 Å². The molecule has 0 aliphatic heterocycles. The summed E-state index contributed by atoms with van der Waals surface area (Å²) in [5, 5.41) is -0.500. The van der Waals surface area contributed by atoms with Gasteiger partial charge in [0.1, 0.15) is 0 Å². The highest BCUT2D eigenvalue weighted by molar-refractivity contribution is 7.99. The zero-order valence-electron chi connectivity index (χ0n) is 10.0. The predicted molar refractivity (Wildman–Crippen MR) is 73.7 cm³/mol. The number of methoxy groups -OCH3 is 1. The van der Waals surface area contributed by atoms with Gasteiger partial charge in [-0.05, 0) is 48.0 Å². The van der Waals surface area contributed by atoms with Gasteiger partial charge in [0, 0.05) is 10.5 Å². The molecule has 5 heteroatoms. The van der Waals surface area contributed by atoms with Gasteiger partial charge < -0.3 is 4.74 Å². The van der Waals surface area contributed by atoms with E-state index in [1.165, 1.54) is 24.9 Å². The van der Waals surface area contributed by atoms with E-state index < -0.39 is 11.1 Å². The molecular weight excluding hydrogens is 287 g/mol. The van der Waals surface area contributed by atoms with Crippen molar-refractivity contribution in [3.63, 3.8) is 0 Å². The summed E-state index contributed by atoms with van der Waals surface area (Å²) in [5.41, 5.74) is 0.428. The Bertz CT molecular complexity index is 599. The van der Waals surface area contributed by atoms with E-state index in [1.54, 1.807) is 36.4 Å². The first-order valence-electron chi connectivity index (χ1n) is 5.42. The Hall–Kier alpha value is -1.52. The largest absolute Gasteiger partial charge is 0.492 e. The van der Waals surface area contributed by atoms with Crippen molar-refractivity contribution in [2.45, 2.75) is 9.79 Å². The molecule has 2 rings (SSSR count). The standard InChI is InChI=1S/C14H10ClFO2S/c1-18-13-11(16)3-2-4-12(13)19-10-7-5-9(6-8-10)14(15)17/h2-8H,1H3. The molecule has 0 aliphatic rings. The van der Waals surface area contributed by atoms with Crippen LogP contribution in [0.3, 0.4) is 0 Å². The predicted octanol–water partition coefficient (Wildman–Crippen LogP) is 4.36. The van der Waals surface area contributed by atoms with Crippen molar-refractivity contribution < 1.29 is 13.9 Å². The number of ether oxygens (including phenoxy) is 1. The summed E-state index contributed by atoms with van der Waals surface area (Å²) in [6.07, 6.45) is 0. The second kappa shape index (κ2) is 6.08. The molecule has 19 heavy (non-hydrogen) atoms. The third kappa shape index (κ3) is 3.28. The van der Waals surface area contributed by atoms with Crippen molar-refractivity contribution in [1.29, 1.82) is 0 Å². The van der Waals surface area contributed by atoms with E-state index in [2.05, 4.69) is 0 Å². The third-order valence-corrected chi connectivity index (χ3v) is 3.71. The van der Waals surface area contributed by atoms with Crippen LogP contribution in [0.2, 0.25) is 0 Å². The molecule has 0 aliphatic carbocycles. The van der Waals surface area contributed by atoms with Gasteiger partial charge in [0.15, 0.2) is 11.6 Å². The minimum atomic E-state index is -0.500. The van der Waals surface area contributed by atoms with E-state index in [4.69, 9.17) is 16.3 Å².